The number of nitrogens with two attached hydrogens (primary N) is 1. The van der Waals surface area contributed by atoms with Gasteiger partial charge in [-0.1, -0.05) is 44.5 Å². The number of aliphatic hydroxyl groups excluding tert-OH is 1. The molecule has 0 fully saturated rings. The van der Waals surface area contributed by atoms with Crippen molar-refractivity contribution in [3.05, 3.63) is 35.4 Å². The normalized spacial score (nSPS) is 16.3. The summed E-state index contributed by atoms with van der Waals surface area (Å²) in [5.41, 5.74) is 6.47. The fourth-order valence-electron chi connectivity index (χ4n) is 2.28. The lowest BCUT2D eigenvalue weighted by Gasteiger charge is -2.27. The minimum atomic E-state index is -0.744. The molecule has 0 aromatic heterocycles. The number of hydrogen-bond acceptors (Lipinski definition) is 3. The zero-order valence-corrected chi connectivity index (χ0v) is 11.4. The molecule has 0 saturated carbocycles. The van der Waals surface area contributed by atoms with Gasteiger partial charge in [-0.25, -0.2) is 0 Å². The molecule has 0 bridgehead atoms. The van der Waals surface area contributed by atoms with Gasteiger partial charge in [0, 0.05) is 0 Å². The zero-order chi connectivity index (χ0) is 13.6. The van der Waals surface area contributed by atoms with E-state index in [0.717, 1.165) is 24.0 Å². The second-order valence-corrected chi connectivity index (χ2v) is 4.85. The van der Waals surface area contributed by atoms with E-state index in [4.69, 9.17) is 5.73 Å². The third kappa shape index (κ3) is 3.55. The Balaban J connectivity index is 2.87. The van der Waals surface area contributed by atoms with Crippen LogP contribution >= 0.6 is 0 Å². The summed E-state index contributed by atoms with van der Waals surface area (Å²) in [5.74, 6) is 0. The molecule has 2 unspecified atom stereocenters. The molecule has 0 aliphatic rings. The van der Waals surface area contributed by atoms with E-state index in [1.165, 1.54) is 0 Å². The zero-order valence-electron chi connectivity index (χ0n) is 11.4. The maximum absolute atomic E-state index is 10.5. The Kier molecular flexibility index (Phi) is 5.79. The molecule has 0 amide bonds. The highest BCUT2D eigenvalue weighted by Gasteiger charge is 2.25. The van der Waals surface area contributed by atoms with Gasteiger partial charge in [-0.15, -0.1) is 0 Å². The summed E-state index contributed by atoms with van der Waals surface area (Å²) >= 11 is 0. The smallest absolute Gasteiger partial charge is 0.0893 e. The molecule has 102 valence electrons. The maximum Gasteiger partial charge on any atom is 0.0893 e. The first kappa shape index (κ1) is 15.2. The Bertz CT molecular complexity index is 350. The van der Waals surface area contributed by atoms with Crippen molar-refractivity contribution in [2.75, 3.05) is 6.54 Å². The van der Waals surface area contributed by atoms with E-state index >= 15 is 0 Å². The Morgan fingerprint density at radius 2 is 1.83 bits per heavy atom. The van der Waals surface area contributed by atoms with Crippen molar-refractivity contribution in [3.63, 3.8) is 0 Å². The Labute approximate surface area is 110 Å². The Morgan fingerprint density at radius 3 is 2.28 bits per heavy atom. The third-order valence-electron chi connectivity index (χ3n) is 3.52. The summed E-state index contributed by atoms with van der Waals surface area (Å²) in [6.07, 6.45) is 2.46. The van der Waals surface area contributed by atoms with Gasteiger partial charge in [0.05, 0.1) is 11.7 Å². The molecular formula is C15H25NO2. The van der Waals surface area contributed by atoms with E-state index in [1.807, 2.05) is 31.2 Å². The standard InChI is InChI=1S/C15H25NO2/c1-3-10-15(18,4-2)13-7-5-12(6-8-13)14(17)9-11-16/h5-8,14,17-18H,3-4,9-11,16H2,1-2H3. The Hall–Kier alpha value is -0.900. The van der Waals surface area contributed by atoms with Gasteiger partial charge in [0.15, 0.2) is 0 Å². The number of aliphatic hydroxyl groups is 2. The second kappa shape index (κ2) is 6.88. The van der Waals surface area contributed by atoms with Crippen molar-refractivity contribution >= 4 is 0 Å². The lowest BCUT2D eigenvalue weighted by Crippen LogP contribution is -2.24. The molecule has 0 heterocycles. The molecular weight excluding hydrogens is 226 g/mol. The van der Waals surface area contributed by atoms with Crippen LogP contribution in [0.1, 0.15) is 56.8 Å². The summed E-state index contributed by atoms with van der Waals surface area (Å²) in [5, 5.41) is 20.4. The first-order chi connectivity index (χ1) is 8.57. The SMILES string of the molecule is CCCC(O)(CC)c1ccc(C(O)CCN)cc1. The van der Waals surface area contributed by atoms with E-state index in [-0.39, 0.29) is 0 Å². The molecule has 0 aliphatic heterocycles. The van der Waals surface area contributed by atoms with Gasteiger partial charge in [-0.3, -0.25) is 0 Å². The van der Waals surface area contributed by atoms with Gasteiger partial charge in [-0.2, -0.15) is 0 Å². The number of hydrogen-bond donors (Lipinski definition) is 3. The van der Waals surface area contributed by atoms with Gasteiger partial charge >= 0.3 is 0 Å². The molecule has 0 saturated heterocycles. The summed E-state index contributed by atoms with van der Waals surface area (Å²) in [4.78, 5) is 0. The Morgan fingerprint density at radius 1 is 1.22 bits per heavy atom. The molecule has 2 atom stereocenters. The van der Waals surface area contributed by atoms with Crippen LogP contribution < -0.4 is 5.73 Å². The predicted octanol–water partition coefficient (Wildman–Crippen LogP) is 2.47. The lowest BCUT2D eigenvalue weighted by atomic mass is 9.86. The molecule has 1 aromatic carbocycles. The van der Waals surface area contributed by atoms with Gasteiger partial charge in [-0.05, 0) is 36.9 Å². The van der Waals surface area contributed by atoms with Crippen molar-refractivity contribution in [2.45, 2.75) is 51.2 Å². The van der Waals surface area contributed by atoms with E-state index < -0.39 is 11.7 Å². The van der Waals surface area contributed by atoms with Gasteiger partial charge in [0.2, 0.25) is 0 Å². The molecule has 0 spiro atoms. The van der Waals surface area contributed by atoms with Crippen molar-refractivity contribution in [2.24, 2.45) is 5.73 Å². The minimum Gasteiger partial charge on any atom is -0.388 e. The fraction of sp³-hybridized carbons (Fsp3) is 0.600. The largest absolute Gasteiger partial charge is 0.388 e. The van der Waals surface area contributed by atoms with Crippen LogP contribution in [-0.2, 0) is 5.60 Å². The van der Waals surface area contributed by atoms with Crippen LogP contribution in [0.5, 0.6) is 0 Å². The quantitative estimate of drug-likeness (QED) is 0.697. The van der Waals surface area contributed by atoms with Crippen molar-refractivity contribution in [1.82, 2.24) is 0 Å². The van der Waals surface area contributed by atoms with Crippen LogP contribution in [0.15, 0.2) is 24.3 Å². The van der Waals surface area contributed by atoms with E-state index in [0.29, 0.717) is 19.4 Å². The highest BCUT2D eigenvalue weighted by atomic mass is 16.3. The molecule has 3 heteroatoms. The topological polar surface area (TPSA) is 66.5 Å². The summed E-state index contributed by atoms with van der Waals surface area (Å²) in [7, 11) is 0. The molecule has 0 radical (unpaired) electrons. The van der Waals surface area contributed by atoms with E-state index in [9.17, 15) is 10.2 Å². The maximum atomic E-state index is 10.5. The monoisotopic (exact) mass is 251 g/mol. The van der Waals surface area contributed by atoms with Crippen LogP contribution in [0.3, 0.4) is 0 Å². The molecule has 3 nitrogen and oxygen atoms in total. The molecule has 0 aliphatic carbocycles. The molecule has 18 heavy (non-hydrogen) atoms. The minimum absolute atomic E-state index is 0.470. The lowest BCUT2D eigenvalue weighted by molar-refractivity contribution is 0.0225. The average Bonchev–Trinajstić information content (AvgIpc) is 2.39. The van der Waals surface area contributed by atoms with Gasteiger partial charge < -0.3 is 15.9 Å². The average molecular weight is 251 g/mol. The highest BCUT2D eigenvalue weighted by Crippen LogP contribution is 2.30. The van der Waals surface area contributed by atoms with Crippen LogP contribution in [-0.4, -0.2) is 16.8 Å². The number of rotatable bonds is 7. The predicted molar refractivity (Wildman–Crippen MR) is 74.2 cm³/mol. The first-order valence-corrected chi connectivity index (χ1v) is 6.78. The van der Waals surface area contributed by atoms with E-state index in [2.05, 4.69) is 6.92 Å². The summed E-state index contributed by atoms with van der Waals surface area (Å²) in [6.45, 7) is 4.53. The van der Waals surface area contributed by atoms with Crippen LogP contribution in [0.2, 0.25) is 0 Å². The van der Waals surface area contributed by atoms with Crippen LogP contribution in [0.25, 0.3) is 0 Å². The number of benzene rings is 1. The molecule has 4 N–H and O–H groups in total. The van der Waals surface area contributed by atoms with Crippen molar-refractivity contribution < 1.29 is 10.2 Å². The molecule has 1 aromatic rings. The highest BCUT2D eigenvalue weighted by molar-refractivity contribution is 5.28. The third-order valence-corrected chi connectivity index (χ3v) is 3.52. The van der Waals surface area contributed by atoms with Gasteiger partial charge in [0.1, 0.15) is 0 Å². The van der Waals surface area contributed by atoms with Crippen molar-refractivity contribution in [1.29, 1.82) is 0 Å². The summed E-state index contributed by atoms with van der Waals surface area (Å²) < 4.78 is 0. The first-order valence-electron chi connectivity index (χ1n) is 6.78. The van der Waals surface area contributed by atoms with E-state index in [1.54, 1.807) is 0 Å². The van der Waals surface area contributed by atoms with Gasteiger partial charge in [0.25, 0.3) is 0 Å². The van der Waals surface area contributed by atoms with Crippen LogP contribution in [0.4, 0.5) is 0 Å². The fourth-order valence-corrected chi connectivity index (χ4v) is 2.28. The van der Waals surface area contributed by atoms with Crippen molar-refractivity contribution in [3.8, 4) is 0 Å². The van der Waals surface area contributed by atoms with Crippen LogP contribution in [0, 0.1) is 0 Å². The molecule has 1 rings (SSSR count). The second-order valence-electron chi connectivity index (χ2n) is 4.85. The summed E-state index contributed by atoms with van der Waals surface area (Å²) in [6, 6.07) is 7.58.